The minimum Gasteiger partial charge on any atom is -0.0928 e. The van der Waals surface area contributed by atoms with Crippen LogP contribution in [0.15, 0.2) is 0 Å². The smallest absolute Gasteiger partial charge is 0.00313 e. The van der Waals surface area contributed by atoms with Crippen LogP contribution in [0, 0.1) is 31.6 Å². The van der Waals surface area contributed by atoms with Gasteiger partial charge in [-0.25, -0.2) is 0 Å². The van der Waals surface area contributed by atoms with E-state index in [1.807, 2.05) is 0 Å². The number of unbranched alkanes of at least 4 members (excludes halogenated alkanes) is 7. The molecule has 0 atom stereocenters. The molecule has 0 unspecified atom stereocenters. The molecule has 0 aromatic carbocycles. The Kier molecular flexibility index (Phi) is 9.65. The molecule has 1 fully saturated rings. The maximum absolute atomic E-state index is 3.47. The molecule has 0 heterocycles. The summed E-state index contributed by atoms with van der Waals surface area (Å²) in [6, 6.07) is 0. The highest BCUT2D eigenvalue weighted by Gasteiger charge is 2.15. The molecular weight excluding hydrogens is 260 g/mol. The number of rotatable bonds is 10. The Balaban J connectivity index is 1.71. The number of hydrogen-bond donors (Lipinski definition) is 0. The van der Waals surface area contributed by atoms with Gasteiger partial charge in [-0.2, -0.15) is 0 Å². The zero-order valence-corrected chi connectivity index (χ0v) is 11.8. The molecule has 0 nitrogen and oxygen atoms in total. The van der Waals surface area contributed by atoms with Crippen molar-refractivity contribution >= 4 is 15.9 Å². The van der Waals surface area contributed by atoms with E-state index in [2.05, 4.69) is 41.6 Å². The topological polar surface area (TPSA) is 0 Å². The predicted octanol–water partition coefficient (Wildman–Crippen LogP) is 5.30. The normalized spacial score (nSPS) is 17.1. The lowest BCUT2D eigenvalue weighted by Gasteiger charge is -2.06. The predicted molar refractivity (Wildman–Crippen MR) is 75.8 cm³/mol. The monoisotopic (exact) mass is 283 g/mol. The zero-order chi connectivity index (χ0) is 11.5. The molecular formula is C15H24Br. The van der Waals surface area contributed by atoms with E-state index in [1.165, 1.54) is 69.0 Å². The Morgan fingerprint density at radius 2 is 1.19 bits per heavy atom. The number of alkyl halides is 1. The first-order valence-corrected chi connectivity index (χ1v) is 7.82. The van der Waals surface area contributed by atoms with Crippen molar-refractivity contribution in [3.8, 4) is 0 Å². The lowest BCUT2D eigenvalue weighted by atomic mass is 9.99. The second-order valence-electron chi connectivity index (χ2n) is 4.56. The third kappa shape index (κ3) is 7.70. The van der Waals surface area contributed by atoms with Gasteiger partial charge in [0.1, 0.15) is 0 Å². The van der Waals surface area contributed by atoms with Crippen LogP contribution in [0.1, 0.15) is 57.8 Å². The molecule has 0 aromatic rings. The second kappa shape index (κ2) is 10.6. The van der Waals surface area contributed by atoms with Crippen molar-refractivity contribution in [2.45, 2.75) is 57.8 Å². The van der Waals surface area contributed by atoms with Crippen LogP contribution in [0.5, 0.6) is 0 Å². The minimum absolute atomic E-state index is 1.17. The van der Waals surface area contributed by atoms with Crippen molar-refractivity contribution in [1.29, 1.82) is 0 Å². The maximum Gasteiger partial charge on any atom is 0.00313 e. The molecule has 0 bridgehead atoms. The maximum atomic E-state index is 3.47. The van der Waals surface area contributed by atoms with Crippen molar-refractivity contribution in [1.82, 2.24) is 0 Å². The highest BCUT2D eigenvalue weighted by molar-refractivity contribution is 9.09. The highest BCUT2D eigenvalue weighted by atomic mass is 79.9. The summed E-state index contributed by atoms with van der Waals surface area (Å²) in [5, 5.41) is 1.17. The fourth-order valence-corrected chi connectivity index (χ4v) is 2.46. The van der Waals surface area contributed by atoms with Gasteiger partial charge < -0.3 is 0 Å². The number of halogens is 1. The van der Waals surface area contributed by atoms with E-state index in [4.69, 9.17) is 0 Å². The first-order chi connectivity index (χ1) is 7.93. The van der Waals surface area contributed by atoms with E-state index in [-0.39, 0.29) is 0 Å². The molecule has 0 aliphatic heterocycles. The van der Waals surface area contributed by atoms with Crippen molar-refractivity contribution in [3.05, 3.63) is 31.6 Å². The van der Waals surface area contributed by atoms with Crippen molar-refractivity contribution in [3.63, 3.8) is 0 Å². The Morgan fingerprint density at radius 3 is 1.75 bits per heavy atom. The average Bonchev–Trinajstić information content (AvgIpc) is 2.80. The van der Waals surface area contributed by atoms with Gasteiger partial charge in [-0.1, -0.05) is 60.9 Å². The van der Waals surface area contributed by atoms with Gasteiger partial charge in [0.05, 0.1) is 0 Å². The summed E-state index contributed by atoms with van der Waals surface area (Å²) in [4.78, 5) is 0. The SMILES string of the molecule is BrCCCCCCCCCC[C]1[CH][CH][CH][CH]1. The van der Waals surface area contributed by atoms with Crippen molar-refractivity contribution in [2.75, 3.05) is 5.33 Å². The van der Waals surface area contributed by atoms with Gasteiger partial charge in [0.2, 0.25) is 0 Å². The van der Waals surface area contributed by atoms with Gasteiger partial charge in [0, 0.05) is 5.33 Å². The third-order valence-corrected chi connectivity index (χ3v) is 3.64. The van der Waals surface area contributed by atoms with Gasteiger partial charge in [0.15, 0.2) is 0 Å². The first-order valence-electron chi connectivity index (χ1n) is 6.70. The molecule has 5 radical (unpaired) electrons. The lowest BCUT2D eigenvalue weighted by Crippen LogP contribution is -1.91. The molecule has 1 aliphatic carbocycles. The number of hydrogen-bond acceptors (Lipinski definition) is 0. The van der Waals surface area contributed by atoms with Gasteiger partial charge in [0.25, 0.3) is 0 Å². The van der Waals surface area contributed by atoms with Crippen molar-refractivity contribution < 1.29 is 0 Å². The molecule has 0 N–H and O–H groups in total. The molecule has 1 aliphatic rings. The Labute approximate surface area is 111 Å². The molecule has 0 aromatic heterocycles. The summed E-state index contributed by atoms with van der Waals surface area (Å²) in [6.45, 7) is 0. The summed E-state index contributed by atoms with van der Waals surface area (Å²) in [5.41, 5.74) is 0. The van der Waals surface area contributed by atoms with Crippen molar-refractivity contribution in [2.24, 2.45) is 0 Å². The van der Waals surface area contributed by atoms with Gasteiger partial charge in [-0.3, -0.25) is 0 Å². The summed E-state index contributed by atoms with van der Waals surface area (Å²) < 4.78 is 0. The Bertz CT molecular complexity index is 138. The molecule has 1 saturated carbocycles. The van der Waals surface area contributed by atoms with Crippen LogP contribution in [0.4, 0.5) is 0 Å². The van der Waals surface area contributed by atoms with E-state index in [0.717, 1.165) is 0 Å². The fraction of sp³-hybridized carbons (Fsp3) is 0.667. The lowest BCUT2D eigenvalue weighted by molar-refractivity contribution is 0.572. The Hall–Kier alpha value is 0.480. The summed E-state index contributed by atoms with van der Waals surface area (Å²) in [5.74, 6) is 1.51. The molecule has 91 valence electrons. The van der Waals surface area contributed by atoms with E-state index in [0.29, 0.717) is 0 Å². The Morgan fingerprint density at radius 1 is 0.688 bits per heavy atom. The van der Waals surface area contributed by atoms with E-state index in [9.17, 15) is 0 Å². The van der Waals surface area contributed by atoms with Crippen LogP contribution in [0.25, 0.3) is 0 Å². The summed E-state index contributed by atoms with van der Waals surface area (Å²) in [7, 11) is 0. The van der Waals surface area contributed by atoms with Crippen LogP contribution in [0.2, 0.25) is 0 Å². The van der Waals surface area contributed by atoms with Crippen LogP contribution in [-0.2, 0) is 0 Å². The molecule has 16 heavy (non-hydrogen) atoms. The molecule has 0 amide bonds. The molecule has 0 saturated heterocycles. The third-order valence-electron chi connectivity index (χ3n) is 3.08. The quantitative estimate of drug-likeness (QED) is 0.377. The average molecular weight is 284 g/mol. The van der Waals surface area contributed by atoms with Gasteiger partial charge in [-0.05, 0) is 44.4 Å². The van der Waals surface area contributed by atoms with Gasteiger partial charge in [-0.15, -0.1) is 0 Å². The zero-order valence-electron chi connectivity index (χ0n) is 10.3. The van der Waals surface area contributed by atoms with Crippen LogP contribution < -0.4 is 0 Å². The standard InChI is InChI=1S/C15H24Br/c16-14-10-6-4-2-1-3-5-7-11-15-12-8-9-13-15/h8-9,12-13H,1-7,10-11,14H2. The van der Waals surface area contributed by atoms with E-state index >= 15 is 0 Å². The van der Waals surface area contributed by atoms with Crippen LogP contribution >= 0.6 is 15.9 Å². The molecule has 1 rings (SSSR count). The van der Waals surface area contributed by atoms with Crippen LogP contribution in [0.3, 0.4) is 0 Å². The van der Waals surface area contributed by atoms with Gasteiger partial charge >= 0.3 is 0 Å². The first kappa shape index (κ1) is 14.5. The van der Waals surface area contributed by atoms with Crippen LogP contribution in [-0.4, -0.2) is 5.33 Å². The second-order valence-corrected chi connectivity index (χ2v) is 5.35. The molecule has 0 spiro atoms. The van der Waals surface area contributed by atoms with E-state index in [1.54, 1.807) is 0 Å². The van der Waals surface area contributed by atoms with E-state index < -0.39 is 0 Å². The largest absolute Gasteiger partial charge is 0.0928 e. The fourth-order valence-electron chi connectivity index (χ4n) is 2.06. The molecule has 1 heteroatoms. The summed E-state index contributed by atoms with van der Waals surface area (Å²) >= 11 is 3.47. The highest BCUT2D eigenvalue weighted by Crippen LogP contribution is 2.28. The summed E-state index contributed by atoms with van der Waals surface area (Å²) in [6.07, 6.45) is 21.3. The minimum atomic E-state index is 1.17.